The maximum atomic E-state index is 13.4. The molecule has 2 amide bonds. The van der Waals surface area contributed by atoms with Gasteiger partial charge in [-0.3, -0.25) is 9.59 Å². The zero-order valence-electron chi connectivity index (χ0n) is 19.8. The lowest BCUT2D eigenvalue weighted by molar-refractivity contribution is -0.139. The molecule has 2 atom stereocenters. The first-order chi connectivity index (χ1) is 14.9. The van der Waals surface area contributed by atoms with Gasteiger partial charge in [-0.05, 0) is 78.1 Å². The summed E-state index contributed by atoms with van der Waals surface area (Å²) in [5.74, 6) is 0.960. The number of hydrogen-bond acceptors (Lipinski definition) is 5. The van der Waals surface area contributed by atoms with E-state index in [0.717, 1.165) is 32.1 Å². The Morgan fingerprint density at radius 1 is 1.28 bits per heavy atom. The summed E-state index contributed by atoms with van der Waals surface area (Å²) in [5, 5.41) is 21.3. The topological polar surface area (TPSA) is 105 Å². The second kappa shape index (κ2) is 7.90. The van der Waals surface area contributed by atoms with Gasteiger partial charge in [0.15, 0.2) is 0 Å². The van der Waals surface area contributed by atoms with E-state index in [0.29, 0.717) is 29.7 Å². The predicted octanol–water partition coefficient (Wildman–Crippen LogP) is 2.73. The minimum absolute atomic E-state index is 0.120. The lowest BCUT2D eigenvalue weighted by Crippen LogP contribution is -2.65. The summed E-state index contributed by atoms with van der Waals surface area (Å²) in [6.45, 7) is 7.40. The summed E-state index contributed by atoms with van der Waals surface area (Å²) in [6, 6.07) is 0. The maximum absolute atomic E-state index is 13.4. The summed E-state index contributed by atoms with van der Waals surface area (Å²) < 4.78 is 7.48. The van der Waals surface area contributed by atoms with Crippen LogP contribution in [0.3, 0.4) is 0 Å². The van der Waals surface area contributed by atoms with Crippen molar-refractivity contribution in [2.45, 2.75) is 83.5 Å². The van der Waals surface area contributed by atoms with E-state index in [4.69, 9.17) is 4.74 Å². The van der Waals surface area contributed by atoms with Gasteiger partial charge in [-0.15, -0.1) is 0 Å². The summed E-state index contributed by atoms with van der Waals surface area (Å²) in [5.41, 5.74) is -1.38. The number of ether oxygens (including phenoxy) is 1. The number of amides is 2. The van der Waals surface area contributed by atoms with Gasteiger partial charge in [-0.25, -0.2) is 4.68 Å². The molecule has 0 aromatic carbocycles. The van der Waals surface area contributed by atoms with Gasteiger partial charge in [0.2, 0.25) is 11.8 Å². The first kappa shape index (κ1) is 22.8. The fourth-order valence-corrected chi connectivity index (χ4v) is 6.28. The van der Waals surface area contributed by atoms with Crippen molar-refractivity contribution in [1.82, 2.24) is 20.4 Å². The number of nitrogens with zero attached hydrogens (tertiary/aromatic N) is 2. The summed E-state index contributed by atoms with van der Waals surface area (Å²) in [4.78, 5) is 25.5. The van der Waals surface area contributed by atoms with Crippen LogP contribution >= 0.6 is 0 Å². The molecule has 3 N–H and O–H groups in total. The number of aliphatic hydroxyl groups is 1. The van der Waals surface area contributed by atoms with Crippen molar-refractivity contribution in [3.8, 4) is 5.88 Å². The van der Waals surface area contributed by atoms with Crippen molar-refractivity contribution in [1.29, 1.82) is 0 Å². The zero-order chi connectivity index (χ0) is 23.3. The first-order valence-electron chi connectivity index (χ1n) is 11.6. The molecule has 4 aliphatic carbocycles. The van der Waals surface area contributed by atoms with Crippen LogP contribution in [0.1, 0.15) is 76.6 Å². The predicted molar refractivity (Wildman–Crippen MR) is 121 cm³/mol. The Morgan fingerprint density at radius 2 is 1.94 bits per heavy atom. The Balaban J connectivity index is 1.58. The van der Waals surface area contributed by atoms with Gasteiger partial charge in [-0.1, -0.05) is 6.08 Å². The van der Waals surface area contributed by atoms with Crippen molar-refractivity contribution in [3.63, 3.8) is 0 Å². The Bertz CT molecular complexity index is 918. The first-order valence-corrected chi connectivity index (χ1v) is 11.6. The Morgan fingerprint density at radius 3 is 2.50 bits per heavy atom. The number of nitrogens with one attached hydrogen (secondary N) is 2. The molecule has 1 aromatic rings. The largest absolute Gasteiger partial charge is 0.474 e. The molecule has 176 valence electrons. The molecule has 2 unspecified atom stereocenters. The van der Waals surface area contributed by atoms with E-state index >= 15 is 0 Å². The van der Waals surface area contributed by atoms with E-state index in [1.165, 1.54) is 10.9 Å². The van der Waals surface area contributed by atoms with Gasteiger partial charge in [0.05, 0.1) is 23.3 Å². The Hall–Kier alpha value is -2.35. The molecular weight excluding hydrogens is 408 g/mol. The average molecular weight is 445 g/mol. The zero-order valence-corrected chi connectivity index (χ0v) is 19.8. The van der Waals surface area contributed by atoms with Crippen LogP contribution in [0.25, 0.3) is 6.20 Å². The van der Waals surface area contributed by atoms with Crippen LogP contribution in [0.4, 0.5) is 0 Å². The van der Waals surface area contributed by atoms with Crippen molar-refractivity contribution in [2.24, 2.45) is 17.3 Å². The molecule has 5 rings (SSSR count). The van der Waals surface area contributed by atoms with Crippen LogP contribution in [0.5, 0.6) is 5.88 Å². The number of carbonyl (C=O) groups is 2. The van der Waals surface area contributed by atoms with Gasteiger partial charge in [0.25, 0.3) is 5.91 Å². The average Bonchev–Trinajstić information content (AvgIpc) is 3.05. The van der Waals surface area contributed by atoms with Crippen LogP contribution < -0.4 is 15.4 Å². The molecule has 4 saturated carbocycles. The van der Waals surface area contributed by atoms with E-state index in [1.54, 1.807) is 33.2 Å². The molecular formula is C24H36N4O4. The third-order valence-electron chi connectivity index (χ3n) is 7.20. The second-order valence-corrected chi connectivity index (χ2v) is 11.0. The van der Waals surface area contributed by atoms with Crippen LogP contribution in [0, 0.1) is 17.3 Å². The molecule has 8 heteroatoms. The summed E-state index contributed by atoms with van der Waals surface area (Å²) in [6.07, 6.45) is 10.1. The molecule has 8 nitrogen and oxygen atoms in total. The number of aromatic nitrogens is 2. The smallest absolute Gasteiger partial charge is 0.258 e. The normalized spacial score (nSPS) is 31.3. The quantitative estimate of drug-likeness (QED) is 0.600. The van der Waals surface area contributed by atoms with E-state index < -0.39 is 11.0 Å². The third-order valence-corrected chi connectivity index (χ3v) is 7.20. The number of rotatable bonds is 7. The molecule has 4 bridgehead atoms. The highest BCUT2D eigenvalue weighted by atomic mass is 16.5. The second-order valence-electron chi connectivity index (χ2n) is 11.0. The van der Waals surface area contributed by atoms with Crippen LogP contribution in [-0.2, 0) is 4.79 Å². The Kier molecular flexibility index (Phi) is 5.64. The molecule has 4 aliphatic rings. The summed E-state index contributed by atoms with van der Waals surface area (Å²) in [7, 11) is 1.60. The molecule has 0 aliphatic heterocycles. The molecule has 1 aromatic heterocycles. The SMILES string of the molecule is CNC(=O)C(C)(C)/C=C/n1ncc(C(=O)N[C@]23CC4CC(C[C@@](O)(C4)C2)C3)c1OC(C)C. The molecule has 0 saturated heterocycles. The van der Waals surface area contributed by atoms with Crippen LogP contribution in [0.15, 0.2) is 12.3 Å². The van der Waals surface area contributed by atoms with Gasteiger partial charge < -0.3 is 20.5 Å². The fourth-order valence-electron chi connectivity index (χ4n) is 6.28. The minimum Gasteiger partial charge on any atom is -0.474 e. The van der Waals surface area contributed by atoms with Crippen molar-refractivity contribution >= 4 is 18.0 Å². The Labute approximate surface area is 189 Å². The molecule has 32 heavy (non-hydrogen) atoms. The highest BCUT2D eigenvalue weighted by molar-refractivity contribution is 5.97. The van der Waals surface area contributed by atoms with E-state index in [2.05, 4.69) is 15.7 Å². The van der Waals surface area contributed by atoms with Gasteiger partial charge in [-0.2, -0.15) is 5.10 Å². The number of carbonyl (C=O) groups excluding carboxylic acids is 2. The minimum atomic E-state index is -0.743. The van der Waals surface area contributed by atoms with Gasteiger partial charge >= 0.3 is 0 Å². The van der Waals surface area contributed by atoms with E-state index in [1.807, 2.05) is 13.8 Å². The highest BCUT2D eigenvalue weighted by Crippen LogP contribution is 2.57. The highest BCUT2D eigenvalue weighted by Gasteiger charge is 2.57. The lowest BCUT2D eigenvalue weighted by Gasteiger charge is -2.60. The lowest BCUT2D eigenvalue weighted by atomic mass is 9.51. The number of hydrogen-bond donors (Lipinski definition) is 3. The molecule has 0 radical (unpaired) electrons. The van der Waals surface area contributed by atoms with E-state index in [9.17, 15) is 14.7 Å². The van der Waals surface area contributed by atoms with Crippen molar-refractivity contribution in [2.75, 3.05) is 7.05 Å². The third kappa shape index (κ3) is 4.29. The molecule has 1 heterocycles. The molecule has 0 spiro atoms. The molecule has 4 fully saturated rings. The van der Waals surface area contributed by atoms with Crippen LogP contribution in [-0.4, -0.2) is 51.0 Å². The van der Waals surface area contributed by atoms with E-state index in [-0.39, 0.29) is 23.5 Å². The van der Waals surface area contributed by atoms with Crippen LogP contribution in [0.2, 0.25) is 0 Å². The van der Waals surface area contributed by atoms with Gasteiger partial charge in [0, 0.05) is 18.8 Å². The fraction of sp³-hybridized carbons (Fsp3) is 0.708. The van der Waals surface area contributed by atoms with Gasteiger partial charge in [0.1, 0.15) is 5.56 Å². The standard InChI is InChI=1S/C24H36N4O4/c1-15(2)32-20-18(13-26-28(20)7-6-22(3,4)21(30)25-5)19(29)27-23-9-16-8-17(10-23)12-24(31,11-16)14-23/h6-7,13,15-17,31H,8-12,14H2,1-5H3,(H,25,30)(H,27,29)/b7-6+/t16?,17?,23-,24-. The summed E-state index contributed by atoms with van der Waals surface area (Å²) >= 11 is 0. The van der Waals surface area contributed by atoms with Crippen molar-refractivity contribution in [3.05, 3.63) is 17.8 Å². The monoisotopic (exact) mass is 444 g/mol. The maximum Gasteiger partial charge on any atom is 0.258 e. The van der Waals surface area contributed by atoms with Crippen molar-refractivity contribution < 1.29 is 19.4 Å².